The summed E-state index contributed by atoms with van der Waals surface area (Å²) in [6.07, 6.45) is 0. The van der Waals surface area contributed by atoms with Crippen molar-refractivity contribution in [3.05, 3.63) is 35.0 Å². The number of fused-ring (bicyclic) bond motifs is 1. The van der Waals surface area contributed by atoms with Crippen LogP contribution in [0.1, 0.15) is 23.5 Å². The molecule has 0 saturated heterocycles. The lowest BCUT2D eigenvalue weighted by atomic mass is 10.0. The van der Waals surface area contributed by atoms with Gasteiger partial charge in [-0.15, -0.1) is 11.3 Å². The monoisotopic (exact) mass is 295 g/mol. The highest BCUT2D eigenvalue weighted by atomic mass is 32.1. The molecule has 2 atom stereocenters. The Balaban J connectivity index is 2.17. The molecule has 1 aromatic heterocycles. The number of carboxylic acid groups (broad SMARTS) is 1. The van der Waals surface area contributed by atoms with Crippen molar-refractivity contribution in [1.29, 1.82) is 0 Å². The molecule has 6 heteroatoms. The summed E-state index contributed by atoms with van der Waals surface area (Å²) in [4.78, 5) is 23.3. The van der Waals surface area contributed by atoms with Crippen LogP contribution < -0.4 is 5.32 Å². The fourth-order valence-corrected chi connectivity index (χ4v) is 2.72. The Hall–Kier alpha value is -1.95. The minimum absolute atomic E-state index is 0.341. The van der Waals surface area contributed by atoms with Crippen molar-refractivity contribution < 1.29 is 19.1 Å². The molecule has 0 aliphatic heterocycles. The zero-order valence-electron chi connectivity index (χ0n) is 11.0. The van der Waals surface area contributed by atoms with Crippen LogP contribution in [0, 0.1) is 11.7 Å². The number of aliphatic carboxylic acids is 1. The maximum atomic E-state index is 13.1. The highest BCUT2D eigenvalue weighted by Gasteiger charge is 2.22. The van der Waals surface area contributed by atoms with Gasteiger partial charge in [-0.05, 0) is 37.4 Å². The van der Waals surface area contributed by atoms with Gasteiger partial charge in [0.25, 0.3) is 5.91 Å². The molecular weight excluding hydrogens is 281 g/mol. The van der Waals surface area contributed by atoms with E-state index in [0.717, 1.165) is 5.39 Å². The van der Waals surface area contributed by atoms with E-state index in [0.29, 0.717) is 9.58 Å². The molecule has 0 fully saturated rings. The molecule has 0 aliphatic carbocycles. The third-order valence-electron chi connectivity index (χ3n) is 3.20. The number of halogens is 1. The molecule has 1 amide bonds. The average Bonchev–Trinajstić information content (AvgIpc) is 2.80. The summed E-state index contributed by atoms with van der Waals surface area (Å²) < 4.78 is 13.8. The van der Waals surface area contributed by atoms with Gasteiger partial charge in [0, 0.05) is 10.7 Å². The minimum Gasteiger partial charge on any atom is -0.481 e. The molecule has 1 heterocycles. The minimum atomic E-state index is -0.962. The zero-order valence-corrected chi connectivity index (χ0v) is 11.8. The largest absolute Gasteiger partial charge is 0.481 e. The molecule has 2 N–H and O–H groups in total. The SMILES string of the molecule is CC(NC(=O)c1cc2ccc(F)cc2s1)C(C)C(=O)O. The molecule has 20 heavy (non-hydrogen) atoms. The molecule has 0 saturated carbocycles. The summed E-state index contributed by atoms with van der Waals surface area (Å²) in [5.41, 5.74) is 0. The van der Waals surface area contributed by atoms with Crippen LogP contribution in [0.15, 0.2) is 24.3 Å². The van der Waals surface area contributed by atoms with E-state index in [1.807, 2.05) is 0 Å². The lowest BCUT2D eigenvalue weighted by Crippen LogP contribution is -2.39. The van der Waals surface area contributed by atoms with E-state index in [2.05, 4.69) is 5.32 Å². The van der Waals surface area contributed by atoms with Crippen LogP contribution in [0.5, 0.6) is 0 Å². The summed E-state index contributed by atoms with van der Waals surface area (Å²) >= 11 is 1.18. The predicted molar refractivity (Wildman–Crippen MR) is 75.5 cm³/mol. The predicted octanol–water partition coefficient (Wildman–Crippen LogP) is 2.88. The van der Waals surface area contributed by atoms with Gasteiger partial charge in [-0.25, -0.2) is 4.39 Å². The van der Waals surface area contributed by atoms with Crippen LogP contribution in [0.3, 0.4) is 0 Å². The smallest absolute Gasteiger partial charge is 0.308 e. The quantitative estimate of drug-likeness (QED) is 0.911. The second kappa shape index (κ2) is 5.58. The number of carbonyl (C=O) groups excluding carboxylic acids is 1. The summed E-state index contributed by atoms with van der Waals surface area (Å²) in [6, 6.07) is 5.52. The van der Waals surface area contributed by atoms with Gasteiger partial charge in [0.2, 0.25) is 0 Å². The van der Waals surface area contributed by atoms with Crippen LogP contribution >= 0.6 is 11.3 Å². The molecule has 0 aliphatic rings. The van der Waals surface area contributed by atoms with Crippen molar-refractivity contribution in [3.63, 3.8) is 0 Å². The highest BCUT2D eigenvalue weighted by Crippen LogP contribution is 2.26. The Morgan fingerprint density at radius 1 is 1.30 bits per heavy atom. The molecule has 0 radical (unpaired) electrons. The number of nitrogens with one attached hydrogen (secondary N) is 1. The van der Waals surface area contributed by atoms with E-state index in [1.165, 1.54) is 30.4 Å². The number of hydrogen-bond acceptors (Lipinski definition) is 3. The zero-order chi connectivity index (χ0) is 14.9. The van der Waals surface area contributed by atoms with E-state index < -0.39 is 17.9 Å². The molecule has 2 unspecified atom stereocenters. The molecule has 106 valence electrons. The fraction of sp³-hybridized carbons (Fsp3) is 0.286. The first-order valence-electron chi connectivity index (χ1n) is 6.11. The van der Waals surface area contributed by atoms with Gasteiger partial charge in [-0.2, -0.15) is 0 Å². The van der Waals surface area contributed by atoms with Crippen molar-refractivity contribution in [3.8, 4) is 0 Å². The molecule has 4 nitrogen and oxygen atoms in total. The molecule has 0 bridgehead atoms. The third kappa shape index (κ3) is 2.96. The Labute approximate surface area is 119 Å². The third-order valence-corrected chi connectivity index (χ3v) is 4.30. The average molecular weight is 295 g/mol. The standard InChI is InChI=1S/C14H14FNO3S/c1-7(14(18)19)8(2)16-13(17)12-5-9-3-4-10(15)6-11(9)20-12/h3-8H,1-2H3,(H,16,17)(H,18,19). The van der Waals surface area contributed by atoms with Gasteiger partial charge in [0.05, 0.1) is 10.8 Å². The maximum Gasteiger partial charge on any atom is 0.308 e. The molecule has 2 aromatic rings. The normalized spacial score (nSPS) is 13.9. The fourth-order valence-electron chi connectivity index (χ4n) is 1.73. The van der Waals surface area contributed by atoms with Crippen LogP contribution in [0.2, 0.25) is 0 Å². The van der Waals surface area contributed by atoms with Gasteiger partial charge in [0.15, 0.2) is 0 Å². The first-order valence-corrected chi connectivity index (χ1v) is 6.93. The number of benzene rings is 1. The Morgan fingerprint density at radius 3 is 2.65 bits per heavy atom. The Kier molecular flexibility index (Phi) is 4.04. The maximum absolute atomic E-state index is 13.1. The molecule has 0 spiro atoms. The van der Waals surface area contributed by atoms with E-state index in [4.69, 9.17) is 5.11 Å². The summed E-state index contributed by atoms with van der Waals surface area (Å²) in [5, 5.41) is 12.3. The Bertz CT molecular complexity index is 667. The second-order valence-corrected chi connectivity index (χ2v) is 5.77. The van der Waals surface area contributed by atoms with Crippen molar-refractivity contribution in [1.82, 2.24) is 5.32 Å². The van der Waals surface area contributed by atoms with Crippen LogP contribution in [0.25, 0.3) is 10.1 Å². The van der Waals surface area contributed by atoms with Gasteiger partial charge in [-0.1, -0.05) is 6.07 Å². The first kappa shape index (κ1) is 14.5. The van der Waals surface area contributed by atoms with Crippen molar-refractivity contribution in [2.75, 3.05) is 0 Å². The van der Waals surface area contributed by atoms with E-state index >= 15 is 0 Å². The highest BCUT2D eigenvalue weighted by molar-refractivity contribution is 7.20. The van der Waals surface area contributed by atoms with Gasteiger partial charge in [-0.3, -0.25) is 9.59 Å². The Morgan fingerprint density at radius 2 is 2.00 bits per heavy atom. The van der Waals surface area contributed by atoms with Gasteiger partial charge < -0.3 is 10.4 Å². The van der Waals surface area contributed by atoms with Gasteiger partial charge in [0.1, 0.15) is 5.82 Å². The summed E-state index contributed by atoms with van der Waals surface area (Å²) in [7, 11) is 0. The molecule has 2 rings (SSSR count). The number of hydrogen-bond donors (Lipinski definition) is 2. The van der Waals surface area contributed by atoms with E-state index in [-0.39, 0.29) is 11.7 Å². The van der Waals surface area contributed by atoms with E-state index in [9.17, 15) is 14.0 Å². The first-order chi connectivity index (χ1) is 9.38. The number of thiophene rings is 1. The van der Waals surface area contributed by atoms with Crippen molar-refractivity contribution in [2.24, 2.45) is 5.92 Å². The lowest BCUT2D eigenvalue weighted by Gasteiger charge is -2.16. The van der Waals surface area contributed by atoms with E-state index in [1.54, 1.807) is 19.1 Å². The second-order valence-electron chi connectivity index (χ2n) is 4.68. The van der Waals surface area contributed by atoms with Crippen LogP contribution in [-0.4, -0.2) is 23.0 Å². The van der Waals surface area contributed by atoms with Crippen molar-refractivity contribution in [2.45, 2.75) is 19.9 Å². The molecular formula is C14H14FNO3S. The number of carbonyl (C=O) groups is 2. The van der Waals surface area contributed by atoms with Crippen molar-refractivity contribution >= 4 is 33.3 Å². The van der Waals surface area contributed by atoms with Gasteiger partial charge >= 0.3 is 5.97 Å². The number of carboxylic acids is 1. The summed E-state index contributed by atoms with van der Waals surface area (Å²) in [6.45, 7) is 3.18. The lowest BCUT2D eigenvalue weighted by molar-refractivity contribution is -0.141. The molecule has 1 aromatic carbocycles. The summed E-state index contributed by atoms with van der Waals surface area (Å²) in [5.74, 6) is -2.33. The topological polar surface area (TPSA) is 66.4 Å². The van der Waals surface area contributed by atoms with Crippen LogP contribution in [-0.2, 0) is 4.79 Å². The van der Waals surface area contributed by atoms with Crippen LogP contribution in [0.4, 0.5) is 4.39 Å². The number of rotatable bonds is 4. The number of amides is 1.